The summed E-state index contributed by atoms with van der Waals surface area (Å²) in [6, 6.07) is 6.63. The summed E-state index contributed by atoms with van der Waals surface area (Å²) < 4.78 is 33.7. The van der Waals surface area contributed by atoms with Gasteiger partial charge in [-0.25, -0.2) is 13.8 Å². The van der Waals surface area contributed by atoms with E-state index in [9.17, 15) is 13.2 Å². The van der Waals surface area contributed by atoms with Crippen LogP contribution in [0.1, 0.15) is 43.0 Å². The van der Waals surface area contributed by atoms with Gasteiger partial charge < -0.3 is 4.74 Å². The van der Waals surface area contributed by atoms with Gasteiger partial charge in [0.2, 0.25) is 15.9 Å². The molecule has 0 atom stereocenters. The highest BCUT2D eigenvalue weighted by Gasteiger charge is 2.26. The number of nitrogens with one attached hydrogen (secondary N) is 1. The molecule has 1 aliphatic rings. The average Bonchev–Trinajstić information content (AvgIpc) is 3.09. The third-order valence-electron chi connectivity index (χ3n) is 5.39. The summed E-state index contributed by atoms with van der Waals surface area (Å²) in [4.78, 5) is 12.4. The molecular weight excluding hydrogens is 466 g/mol. The number of hydrazone groups is 1. The van der Waals surface area contributed by atoms with Crippen LogP contribution in [0.5, 0.6) is 0 Å². The van der Waals surface area contributed by atoms with Crippen molar-refractivity contribution in [2.24, 2.45) is 5.10 Å². The second-order valence-electron chi connectivity index (χ2n) is 7.82. The molecule has 1 amide bonds. The van der Waals surface area contributed by atoms with E-state index in [4.69, 9.17) is 16.3 Å². The molecule has 1 aromatic heterocycles. The van der Waals surface area contributed by atoms with E-state index in [0.717, 1.165) is 30.6 Å². The van der Waals surface area contributed by atoms with E-state index in [0.29, 0.717) is 43.4 Å². The maximum absolute atomic E-state index is 12.7. The van der Waals surface area contributed by atoms with Crippen LogP contribution in [0.4, 0.5) is 0 Å². The SMILES string of the molecule is CCCCn1nc(C)c(/C=N/NC(=O)CCc2ccc(S(=O)(=O)N3CCOCC3)cc2)c1Cl. The molecule has 1 fully saturated rings. The normalized spacial score (nSPS) is 15.2. The van der Waals surface area contributed by atoms with Gasteiger partial charge in [0, 0.05) is 26.1 Å². The van der Waals surface area contributed by atoms with Crippen molar-refractivity contribution in [2.45, 2.75) is 51.0 Å². The van der Waals surface area contributed by atoms with Crippen LogP contribution in [0.25, 0.3) is 0 Å². The smallest absolute Gasteiger partial charge is 0.243 e. The zero-order chi connectivity index (χ0) is 23.8. The second kappa shape index (κ2) is 11.7. The van der Waals surface area contributed by atoms with Gasteiger partial charge in [0.25, 0.3) is 0 Å². The number of sulfonamides is 1. The molecule has 0 spiro atoms. The van der Waals surface area contributed by atoms with E-state index in [1.807, 2.05) is 6.92 Å². The van der Waals surface area contributed by atoms with Crippen molar-refractivity contribution in [3.05, 3.63) is 46.2 Å². The number of hydrogen-bond acceptors (Lipinski definition) is 6. The van der Waals surface area contributed by atoms with Crippen molar-refractivity contribution >= 4 is 33.7 Å². The molecule has 0 saturated carbocycles. The number of nitrogens with zero attached hydrogens (tertiary/aromatic N) is 4. The fraction of sp³-hybridized carbons (Fsp3) is 0.500. The van der Waals surface area contributed by atoms with Crippen LogP contribution in [0, 0.1) is 6.92 Å². The Bertz CT molecular complexity index is 1080. The molecule has 0 bridgehead atoms. The Balaban J connectivity index is 1.50. The Kier molecular flexibility index (Phi) is 9.02. The minimum absolute atomic E-state index is 0.218. The fourth-order valence-electron chi connectivity index (χ4n) is 3.42. The lowest BCUT2D eigenvalue weighted by Crippen LogP contribution is -2.40. The van der Waals surface area contributed by atoms with Crippen molar-refractivity contribution in [2.75, 3.05) is 26.3 Å². The Morgan fingerprint density at radius 1 is 1.27 bits per heavy atom. The number of rotatable bonds is 10. The van der Waals surface area contributed by atoms with E-state index < -0.39 is 10.0 Å². The van der Waals surface area contributed by atoms with Crippen molar-refractivity contribution in [1.29, 1.82) is 0 Å². The standard InChI is InChI=1S/C22H30ClN5O4S/c1-3-4-11-28-22(23)20(17(2)26-28)16-24-25-21(29)10-7-18-5-8-19(9-6-18)33(30,31)27-12-14-32-15-13-27/h5-6,8-9,16H,3-4,7,10-15H2,1-2H3,(H,25,29)/b24-16+. The van der Waals surface area contributed by atoms with Gasteiger partial charge in [-0.15, -0.1) is 0 Å². The predicted molar refractivity (Wildman–Crippen MR) is 127 cm³/mol. The maximum atomic E-state index is 12.7. The van der Waals surface area contributed by atoms with Crippen LogP contribution in [-0.2, 0) is 32.5 Å². The van der Waals surface area contributed by atoms with Crippen molar-refractivity contribution < 1.29 is 17.9 Å². The van der Waals surface area contributed by atoms with Gasteiger partial charge in [0.05, 0.1) is 35.6 Å². The van der Waals surface area contributed by atoms with E-state index in [1.54, 1.807) is 28.9 Å². The molecule has 1 aromatic carbocycles. The number of aromatic nitrogens is 2. The lowest BCUT2D eigenvalue weighted by molar-refractivity contribution is -0.121. The number of hydrogen-bond donors (Lipinski definition) is 1. The molecule has 0 unspecified atom stereocenters. The molecule has 1 N–H and O–H groups in total. The molecule has 0 aliphatic carbocycles. The molecule has 2 heterocycles. The summed E-state index contributed by atoms with van der Waals surface area (Å²) in [7, 11) is -3.52. The monoisotopic (exact) mass is 495 g/mol. The summed E-state index contributed by atoms with van der Waals surface area (Å²) in [5.74, 6) is -0.247. The largest absolute Gasteiger partial charge is 0.379 e. The van der Waals surface area contributed by atoms with E-state index in [-0.39, 0.29) is 17.2 Å². The van der Waals surface area contributed by atoms with Gasteiger partial charge in [0.15, 0.2) is 0 Å². The summed E-state index contributed by atoms with van der Waals surface area (Å²) in [5, 5.41) is 8.92. The van der Waals surface area contributed by atoms with Gasteiger partial charge in [-0.2, -0.15) is 14.5 Å². The number of aryl methyl sites for hydroxylation is 3. The minimum Gasteiger partial charge on any atom is -0.379 e. The van der Waals surface area contributed by atoms with Gasteiger partial charge in [-0.1, -0.05) is 37.1 Å². The highest BCUT2D eigenvalue weighted by atomic mass is 35.5. The first kappa shape index (κ1) is 25.4. The number of amides is 1. The van der Waals surface area contributed by atoms with Crippen LogP contribution in [0.3, 0.4) is 0 Å². The summed E-state index contributed by atoms with van der Waals surface area (Å²) in [6.07, 6.45) is 4.22. The van der Waals surface area contributed by atoms with Gasteiger partial charge >= 0.3 is 0 Å². The minimum atomic E-state index is -3.52. The first-order valence-electron chi connectivity index (χ1n) is 11.0. The summed E-state index contributed by atoms with van der Waals surface area (Å²) in [6.45, 7) is 6.21. The first-order chi connectivity index (χ1) is 15.8. The topological polar surface area (TPSA) is 106 Å². The molecule has 1 saturated heterocycles. The first-order valence-corrected chi connectivity index (χ1v) is 12.9. The van der Waals surface area contributed by atoms with E-state index in [2.05, 4.69) is 22.5 Å². The molecule has 3 rings (SSSR count). The van der Waals surface area contributed by atoms with Crippen molar-refractivity contribution in [1.82, 2.24) is 19.5 Å². The Labute approximate surface area is 199 Å². The molecular formula is C22H30ClN5O4S. The van der Waals surface area contributed by atoms with Crippen molar-refractivity contribution in [3.63, 3.8) is 0 Å². The van der Waals surface area contributed by atoms with Crippen LogP contribution < -0.4 is 5.43 Å². The fourth-order valence-corrected chi connectivity index (χ4v) is 5.13. The molecule has 11 heteroatoms. The number of benzene rings is 1. The summed E-state index contributed by atoms with van der Waals surface area (Å²) in [5.41, 5.74) is 4.81. The number of halogens is 1. The van der Waals surface area contributed by atoms with E-state index in [1.165, 1.54) is 10.5 Å². The lowest BCUT2D eigenvalue weighted by atomic mass is 10.1. The van der Waals surface area contributed by atoms with Gasteiger partial charge in [0.1, 0.15) is 5.15 Å². The quantitative estimate of drug-likeness (QED) is 0.403. The third kappa shape index (κ3) is 6.63. The van der Waals surface area contributed by atoms with Crippen LogP contribution in [0.2, 0.25) is 5.15 Å². The number of unbranched alkanes of at least 4 members (excludes halogenated alkanes) is 1. The number of morpholine rings is 1. The van der Waals surface area contributed by atoms with Crippen LogP contribution >= 0.6 is 11.6 Å². The zero-order valence-electron chi connectivity index (χ0n) is 19.0. The van der Waals surface area contributed by atoms with Crippen LogP contribution in [0.15, 0.2) is 34.3 Å². The van der Waals surface area contributed by atoms with E-state index >= 15 is 0 Å². The Morgan fingerprint density at radius 3 is 2.64 bits per heavy atom. The Morgan fingerprint density at radius 2 is 1.97 bits per heavy atom. The number of ether oxygens (including phenoxy) is 1. The molecule has 33 heavy (non-hydrogen) atoms. The molecule has 9 nitrogen and oxygen atoms in total. The Hall–Kier alpha value is -2.27. The molecule has 0 radical (unpaired) electrons. The van der Waals surface area contributed by atoms with Gasteiger partial charge in [-0.05, 0) is 37.5 Å². The maximum Gasteiger partial charge on any atom is 0.243 e. The van der Waals surface area contributed by atoms with Crippen molar-refractivity contribution in [3.8, 4) is 0 Å². The molecule has 2 aromatic rings. The van der Waals surface area contributed by atoms with Crippen LogP contribution in [-0.4, -0.2) is 60.9 Å². The highest BCUT2D eigenvalue weighted by molar-refractivity contribution is 7.89. The molecule has 1 aliphatic heterocycles. The number of carbonyl (C=O) groups is 1. The molecule has 180 valence electrons. The summed E-state index contributed by atoms with van der Waals surface area (Å²) >= 11 is 6.36. The third-order valence-corrected chi connectivity index (χ3v) is 7.70. The predicted octanol–water partition coefficient (Wildman–Crippen LogP) is 2.75. The van der Waals surface area contributed by atoms with Gasteiger partial charge in [-0.3, -0.25) is 9.48 Å². The zero-order valence-corrected chi connectivity index (χ0v) is 20.5. The number of carbonyl (C=O) groups excluding carboxylic acids is 1. The average molecular weight is 496 g/mol. The highest BCUT2D eigenvalue weighted by Crippen LogP contribution is 2.19. The lowest BCUT2D eigenvalue weighted by Gasteiger charge is -2.26. The second-order valence-corrected chi connectivity index (χ2v) is 10.1.